The summed E-state index contributed by atoms with van der Waals surface area (Å²) in [6.45, 7) is 9.50. The molecule has 0 bridgehead atoms. The third kappa shape index (κ3) is 68.4. The minimum absolute atomic E-state index is 0.102. The smallest absolute Gasteiger partial charge is 0.462 e. The molecule has 3 N–H and O–H groups in total. The van der Waals surface area contributed by atoms with E-state index in [0.717, 1.165) is 95.8 Å². The van der Waals surface area contributed by atoms with Gasteiger partial charge in [-0.05, 0) is 37.5 Å². The average molecular weight is 1370 g/mol. The number of hydrogen-bond donors (Lipinski definition) is 3. The molecule has 0 aromatic heterocycles. The van der Waals surface area contributed by atoms with E-state index >= 15 is 0 Å². The van der Waals surface area contributed by atoms with Gasteiger partial charge in [-0.25, -0.2) is 9.13 Å². The Hall–Kier alpha value is -1.94. The van der Waals surface area contributed by atoms with Crippen LogP contribution in [-0.4, -0.2) is 96.7 Å². The number of hydrogen-bond acceptors (Lipinski definition) is 15. The monoisotopic (exact) mass is 1370 g/mol. The van der Waals surface area contributed by atoms with E-state index in [-0.39, 0.29) is 25.7 Å². The molecule has 0 aliphatic carbocycles. The molecule has 0 fully saturated rings. The van der Waals surface area contributed by atoms with Gasteiger partial charge in [0.25, 0.3) is 0 Å². The first-order valence-corrected chi connectivity index (χ1v) is 41.5. The Balaban J connectivity index is 5.19. The largest absolute Gasteiger partial charge is 0.472 e. The van der Waals surface area contributed by atoms with Gasteiger partial charge in [0.15, 0.2) is 12.2 Å². The minimum Gasteiger partial charge on any atom is -0.462 e. The lowest BCUT2D eigenvalue weighted by Crippen LogP contribution is -2.30. The van der Waals surface area contributed by atoms with Gasteiger partial charge in [-0.15, -0.1) is 0 Å². The third-order valence-corrected chi connectivity index (χ3v) is 19.1. The molecular weight excluding hydrogens is 1220 g/mol. The molecule has 5 atom stereocenters. The lowest BCUT2D eigenvalue weighted by molar-refractivity contribution is -0.161. The van der Waals surface area contributed by atoms with Crippen molar-refractivity contribution in [2.45, 2.75) is 400 Å². The van der Waals surface area contributed by atoms with E-state index in [9.17, 15) is 43.2 Å². The van der Waals surface area contributed by atoms with Crippen molar-refractivity contribution in [3.8, 4) is 0 Å². The Morgan fingerprint density at radius 2 is 0.495 bits per heavy atom. The zero-order valence-electron chi connectivity index (χ0n) is 60.6. The SMILES string of the molecule is CCCCCCCCCCCCCCCCCCC(=O)OC[C@H](COP(=O)(O)OC[C@@H](O)COP(=O)(O)OC[C@@H](COC(=O)CCCCCCCCCCC)OC(=O)CCCCCCCCC(C)C)OC(=O)CCCCCCCCCCCCCCCCCCC(C)C. The topological polar surface area (TPSA) is 237 Å². The number of phosphoric ester groups is 2. The number of esters is 4. The lowest BCUT2D eigenvalue weighted by atomic mass is 10.0. The van der Waals surface area contributed by atoms with Crippen LogP contribution in [-0.2, 0) is 65.4 Å². The fourth-order valence-corrected chi connectivity index (χ4v) is 12.9. The van der Waals surface area contributed by atoms with Crippen LogP contribution in [0, 0.1) is 11.8 Å². The van der Waals surface area contributed by atoms with Crippen molar-refractivity contribution in [1.82, 2.24) is 0 Å². The quantitative estimate of drug-likeness (QED) is 0.0222. The summed E-state index contributed by atoms with van der Waals surface area (Å²) in [7, 11) is -9.90. The van der Waals surface area contributed by atoms with Crippen LogP contribution >= 0.6 is 15.6 Å². The van der Waals surface area contributed by atoms with Crippen LogP contribution < -0.4 is 0 Å². The standard InChI is InChI=1S/C74H144O17P2/c1-7-9-11-13-15-17-18-19-20-24-27-30-34-38-45-51-57-72(77)85-62-69(90-73(78)58-52-46-39-35-31-28-25-22-21-23-26-29-33-36-42-48-54-66(3)4)64-88-92(80,81)86-60-68(75)61-87-93(82,83)89-65-70(91-74(79)59-53-47-41-40-43-49-55-67(5)6)63-84-71(76)56-50-44-37-32-16-14-12-10-8-2/h66-70,75H,7-65H2,1-6H3,(H,80,81)(H,82,83)/t68-,69-,70-/m1/s1. The molecule has 2 unspecified atom stereocenters. The number of carbonyl (C=O) groups excluding carboxylic acids is 4. The van der Waals surface area contributed by atoms with Crippen LogP contribution in [0.3, 0.4) is 0 Å². The number of aliphatic hydroxyl groups is 1. The van der Waals surface area contributed by atoms with Gasteiger partial charge in [-0.2, -0.15) is 0 Å². The zero-order chi connectivity index (χ0) is 68.6. The summed E-state index contributed by atoms with van der Waals surface area (Å²) in [4.78, 5) is 72.6. The number of unbranched alkanes of at least 4 members (excludes halogenated alkanes) is 43. The molecule has 17 nitrogen and oxygen atoms in total. The minimum atomic E-state index is -4.96. The molecule has 19 heteroatoms. The summed E-state index contributed by atoms with van der Waals surface area (Å²) in [5.41, 5.74) is 0. The Morgan fingerprint density at radius 3 is 0.731 bits per heavy atom. The van der Waals surface area contributed by atoms with Crippen LogP contribution in [0.2, 0.25) is 0 Å². The molecule has 0 aromatic rings. The number of carbonyl (C=O) groups is 4. The molecule has 0 heterocycles. The maximum Gasteiger partial charge on any atom is 0.472 e. The molecule has 0 aliphatic rings. The van der Waals surface area contributed by atoms with E-state index in [4.69, 9.17) is 37.0 Å². The van der Waals surface area contributed by atoms with Crippen molar-refractivity contribution in [3.63, 3.8) is 0 Å². The zero-order valence-corrected chi connectivity index (χ0v) is 62.3. The van der Waals surface area contributed by atoms with Crippen molar-refractivity contribution in [3.05, 3.63) is 0 Å². The van der Waals surface area contributed by atoms with Gasteiger partial charge in [0, 0.05) is 25.7 Å². The number of phosphoric acid groups is 2. The maximum atomic E-state index is 13.1. The Kier molecular flexibility index (Phi) is 64.6. The highest BCUT2D eigenvalue weighted by Gasteiger charge is 2.30. The summed E-state index contributed by atoms with van der Waals surface area (Å²) in [5, 5.41) is 10.6. The number of aliphatic hydroxyl groups excluding tert-OH is 1. The number of rotatable bonds is 73. The number of ether oxygens (including phenoxy) is 4. The summed E-state index contributed by atoms with van der Waals surface area (Å²) in [6, 6.07) is 0. The van der Waals surface area contributed by atoms with Crippen LogP contribution in [0.4, 0.5) is 0 Å². The predicted octanol–water partition coefficient (Wildman–Crippen LogP) is 21.6. The van der Waals surface area contributed by atoms with Crippen LogP contribution in [0.5, 0.6) is 0 Å². The Bertz CT molecular complexity index is 1800. The van der Waals surface area contributed by atoms with E-state index in [2.05, 4.69) is 41.5 Å². The molecule has 0 amide bonds. The third-order valence-electron chi connectivity index (χ3n) is 17.2. The Labute approximate surface area is 568 Å². The molecule has 0 rings (SSSR count). The van der Waals surface area contributed by atoms with Crippen LogP contribution in [0.1, 0.15) is 382 Å². The van der Waals surface area contributed by atoms with Gasteiger partial charge >= 0.3 is 39.5 Å². The van der Waals surface area contributed by atoms with Gasteiger partial charge < -0.3 is 33.8 Å². The first-order chi connectivity index (χ1) is 44.9. The molecule has 0 saturated carbocycles. The van der Waals surface area contributed by atoms with E-state index in [1.54, 1.807) is 0 Å². The normalized spacial score (nSPS) is 14.1. The highest BCUT2D eigenvalue weighted by molar-refractivity contribution is 7.47. The molecule has 0 aliphatic heterocycles. The van der Waals surface area contributed by atoms with Crippen molar-refractivity contribution < 1.29 is 80.2 Å². The molecule has 93 heavy (non-hydrogen) atoms. The predicted molar refractivity (Wildman–Crippen MR) is 377 cm³/mol. The van der Waals surface area contributed by atoms with Crippen molar-refractivity contribution in [2.75, 3.05) is 39.6 Å². The van der Waals surface area contributed by atoms with E-state index in [0.29, 0.717) is 31.6 Å². The highest BCUT2D eigenvalue weighted by atomic mass is 31.2. The van der Waals surface area contributed by atoms with E-state index in [1.807, 2.05) is 0 Å². The Morgan fingerprint density at radius 1 is 0.290 bits per heavy atom. The summed E-state index contributed by atoms with van der Waals surface area (Å²) >= 11 is 0. The second kappa shape index (κ2) is 66.0. The maximum absolute atomic E-state index is 13.1. The first-order valence-electron chi connectivity index (χ1n) is 38.5. The van der Waals surface area contributed by atoms with E-state index in [1.165, 1.54) is 199 Å². The van der Waals surface area contributed by atoms with Gasteiger partial charge in [0.1, 0.15) is 19.3 Å². The summed E-state index contributed by atoms with van der Waals surface area (Å²) in [5.74, 6) is -0.645. The molecule has 0 saturated heterocycles. The second-order valence-corrected chi connectivity index (χ2v) is 30.5. The summed E-state index contributed by atoms with van der Waals surface area (Å²) in [6.07, 6.45) is 53.0. The van der Waals surface area contributed by atoms with Crippen LogP contribution in [0.25, 0.3) is 0 Å². The molecule has 0 spiro atoms. The van der Waals surface area contributed by atoms with Crippen molar-refractivity contribution in [2.24, 2.45) is 11.8 Å². The van der Waals surface area contributed by atoms with Gasteiger partial charge in [-0.1, -0.05) is 330 Å². The fraction of sp³-hybridized carbons (Fsp3) is 0.946. The van der Waals surface area contributed by atoms with Crippen LogP contribution in [0.15, 0.2) is 0 Å². The summed E-state index contributed by atoms with van der Waals surface area (Å²) < 4.78 is 68.3. The molecule has 552 valence electrons. The van der Waals surface area contributed by atoms with E-state index < -0.39 is 97.5 Å². The van der Waals surface area contributed by atoms with Gasteiger partial charge in [0.2, 0.25) is 0 Å². The van der Waals surface area contributed by atoms with Crippen molar-refractivity contribution >= 4 is 39.5 Å². The highest BCUT2D eigenvalue weighted by Crippen LogP contribution is 2.45. The second-order valence-electron chi connectivity index (χ2n) is 27.6. The lowest BCUT2D eigenvalue weighted by Gasteiger charge is -2.21. The fourth-order valence-electron chi connectivity index (χ4n) is 11.3. The molecular formula is C74H144O17P2. The van der Waals surface area contributed by atoms with Gasteiger partial charge in [0.05, 0.1) is 26.4 Å². The first kappa shape index (κ1) is 91.1. The van der Waals surface area contributed by atoms with Gasteiger partial charge in [-0.3, -0.25) is 37.3 Å². The average Bonchev–Trinajstić information content (AvgIpc) is 1.49. The molecule has 0 radical (unpaired) electrons. The molecule has 0 aromatic carbocycles. The van der Waals surface area contributed by atoms with Crippen molar-refractivity contribution in [1.29, 1.82) is 0 Å².